The van der Waals surface area contributed by atoms with Crippen LogP contribution in [0.15, 0.2) is 48.5 Å². The minimum absolute atomic E-state index is 0.331. The van der Waals surface area contributed by atoms with E-state index in [0.29, 0.717) is 16.4 Å². The summed E-state index contributed by atoms with van der Waals surface area (Å²) >= 11 is 1.40. The van der Waals surface area contributed by atoms with E-state index in [1.165, 1.54) is 11.3 Å². The van der Waals surface area contributed by atoms with Crippen molar-refractivity contribution in [2.75, 3.05) is 12.4 Å². The van der Waals surface area contributed by atoms with Crippen molar-refractivity contribution in [3.05, 3.63) is 59.0 Å². The first-order valence-electron chi connectivity index (χ1n) is 8.60. The van der Waals surface area contributed by atoms with E-state index < -0.39 is 6.10 Å². The quantitative estimate of drug-likeness (QED) is 0.671. The highest BCUT2D eigenvalue weighted by Gasteiger charge is 2.19. The van der Waals surface area contributed by atoms with Gasteiger partial charge in [0.05, 0.1) is 18.4 Å². The number of amides is 1. The summed E-state index contributed by atoms with van der Waals surface area (Å²) in [6.07, 6.45) is -0.775. The SMILES string of the molecule is COc1ccc(-c2nc(NC(=O)C(C)Oc3ccccc3C#N)sc2C)cc1. The molecule has 1 atom stereocenters. The molecule has 0 spiro atoms. The summed E-state index contributed by atoms with van der Waals surface area (Å²) in [7, 11) is 1.62. The fourth-order valence-electron chi connectivity index (χ4n) is 2.58. The second-order valence-electron chi connectivity index (χ2n) is 6.01. The van der Waals surface area contributed by atoms with Crippen LogP contribution in [0.4, 0.5) is 5.13 Å². The van der Waals surface area contributed by atoms with Crippen molar-refractivity contribution in [2.24, 2.45) is 0 Å². The van der Waals surface area contributed by atoms with Crippen LogP contribution in [0, 0.1) is 18.3 Å². The van der Waals surface area contributed by atoms with Gasteiger partial charge in [-0.3, -0.25) is 10.1 Å². The molecule has 0 saturated heterocycles. The van der Waals surface area contributed by atoms with Gasteiger partial charge in [0, 0.05) is 10.4 Å². The Morgan fingerprint density at radius 1 is 1.21 bits per heavy atom. The molecule has 1 N–H and O–H groups in total. The monoisotopic (exact) mass is 393 g/mol. The predicted octanol–water partition coefficient (Wildman–Crippen LogP) is 4.40. The zero-order valence-electron chi connectivity index (χ0n) is 15.7. The zero-order chi connectivity index (χ0) is 20.1. The van der Waals surface area contributed by atoms with Gasteiger partial charge in [-0.2, -0.15) is 5.26 Å². The van der Waals surface area contributed by atoms with Gasteiger partial charge in [0.1, 0.15) is 17.6 Å². The molecule has 2 aromatic carbocycles. The molecule has 0 aliphatic heterocycles. The second-order valence-corrected chi connectivity index (χ2v) is 7.21. The van der Waals surface area contributed by atoms with Crippen molar-refractivity contribution in [3.8, 4) is 28.8 Å². The number of para-hydroxylation sites is 1. The number of benzene rings is 2. The van der Waals surface area contributed by atoms with Crippen LogP contribution in [-0.4, -0.2) is 24.1 Å². The summed E-state index contributed by atoms with van der Waals surface area (Å²) in [5.41, 5.74) is 2.14. The number of aromatic nitrogens is 1. The van der Waals surface area contributed by atoms with E-state index in [1.54, 1.807) is 38.3 Å². The number of methoxy groups -OCH3 is 1. The van der Waals surface area contributed by atoms with E-state index in [0.717, 1.165) is 21.9 Å². The molecule has 6 nitrogen and oxygen atoms in total. The number of nitriles is 1. The van der Waals surface area contributed by atoms with Gasteiger partial charge in [0.25, 0.3) is 5.91 Å². The van der Waals surface area contributed by atoms with Crippen molar-refractivity contribution < 1.29 is 14.3 Å². The number of carbonyl (C=O) groups excluding carboxylic acids is 1. The van der Waals surface area contributed by atoms with Crippen molar-refractivity contribution in [1.82, 2.24) is 4.98 Å². The summed E-state index contributed by atoms with van der Waals surface area (Å²) in [4.78, 5) is 18.0. The number of hydrogen-bond acceptors (Lipinski definition) is 6. The summed E-state index contributed by atoms with van der Waals surface area (Å²) in [6, 6.07) is 16.5. The van der Waals surface area contributed by atoms with Crippen LogP contribution < -0.4 is 14.8 Å². The molecule has 28 heavy (non-hydrogen) atoms. The van der Waals surface area contributed by atoms with Crippen LogP contribution in [-0.2, 0) is 4.79 Å². The lowest BCUT2D eigenvalue weighted by Gasteiger charge is -2.14. The van der Waals surface area contributed by atoms with E-state index in [2.05, 4.69) is 16.4 Å². The number of nitrogens with zero attached hydrogens (tertiary/aromatic N) is 2. The number of nitrogens with one attached hydrogen (secondary N) is 1. The number of ether oxygens (including phenoxy) is 2. The van der Waals surface area contributed by atoms with Gasteiger partial charge in [0.2, 0.25) is 0 Å². The number of rotatable bonds is 6. The van der Waals surface area contributed by atoms with Gasteiger partial charge >= 0.3 is 0 Å². The molecular weight excluding hydrogens is 374 g/mol. The molecule has 142 valence electrons. The molecule has 7 heteroatoms. The second kappa shape index (κ2) is 8.55. The third-order valence-electron chi connectivity index (χ3n) is 4.07. The fraction of sp³-hybridized carbons (Fsp3) is 0.190. The summed E-state index contributed by atoms with van der Waals surface area (Å²) in [6.45, 7) is 3.59. The first kappa shape index (κ1) is 19.4. The Hall–Kier alpha value is -3.37. The maximum absolute atomic E-state index is 12.5. The Balaban J connectivity index is 1.71. The van der Waals surface area contributed by atoms with Gasteiger partial charge < -0.3 is 9.47 Å². The van der Waals surface area contributed by atoms with Crippen LogP contribution in [0.1, 0.15) is 17.4 Å². The molecule has 3 aromatic rings. The first-order chi connectivity index (χ1) is 13.5. The minimum atomic E-state index is -0.775. The standard InChI is InChI=1S/C21H19N3O3S/c1-13(27-18-7-5-4-6-16(18)12-22)20(25)24-21-23-19(14(2)28-21)15-8-10-17(26-3)11-9-15/h4-11,13H,1-3H3,(H,23,24,25). The molecule has 1 aromatic heterocycles. The molecule has 3 rings (SSSR count). The first-order valence-corrected chi connectivity index (χ1v) is 9.42. The van der Waals surface area contributed by atoms with E-state index in [4.69, 9.17) is 14.7 Å². The summed E-state index contributed by atoms with van der Waals surface area (Å²) in [5.74, 6) is 0.818. The number of hydrogen-bond donors (Lipinski definition) is 1. The van der Waals surface area contributed by atoms with Crippen molar-refractivity contribution >= 4 is 22.4 Å². The lowest BCUT2D eigenvalue weighted by Crippen LogP contribution is -2.30. The summed E-state index contributed by atoms with van der Waals surface area (Å²) < 4.78 is 10.8. The maximum Gasteiger partial charge on any atom is 0.266 e. The Kier molecular flexibility index (Phi) is 5.92. The average molecular weight is 393 g/mol. The van der Waals surface area contributed by atoms with E-state index in [9.17, 15) is 4.79 Å². The molecule has 1 amide bonds. The highest BCUT2D eigenvalue weighted by Crippen LogP contribution is 2.31. The van der Waals surface area contributed by atoms with Crippen molar-refractivity contribution in [3.63, 3.8) is 0 Å². The Morgan fingerprint density at radius 2 is 1.93 bits per heavy atom. The van der Waals surface area contributed by atoms with Crippen LogP contribution in [0.3, 0.4) is 0 Å². The Morgan fingerprint density at radius 3 is 2.61 bits per heavy atom. The smallest absolute Gasteiger partial charge is 0.266 e. The van der Waals surface area contributed by atoms with Gasteiger partial charge in [-0.05, 0) is 50.2 Å². The van der Waals surface area contributed by atoms with Crippen molar-refractivity contribution in [2.45, 2.75) is 20.0 Å². The van der Waals surface area contributed by atoms with E-state index in [-0.39, 0.29) is 5.91 Å². The normalized spacial score (nSPS) is 11.4. The zero-order valence-corrected chi connectivity index (χ0v) is 16.5. The van der Waals surface area contributed by atoms with Gasteiger partial charge in [-0.15, -0.1) is 11.3 Å². The molecule has 1 heterocycles. The van der Waals surface area contributed by atoms with E-state index >= 15 is 0 Å². The third-order valence-corrected chi connectivity index (χ3v) is 4.96. The predicted molar refractivity (Wildman–Crippen MR) is 109 cm³/mol. The molecule has 0 bridgehead atoms. The van der Waals surface area contributed by atoms with Crippen LogP contribution in [0.2, 0.25) is 0 Å². The van der Waals surface area contributed by atoms with Crippen LogP contribution in [0.5, 0.6) is 11.5 Å². The molecule has 1 unspecified atom stereocenters. The van der Waals surface area contributed by atoms with E-state index in [1.807, 2.05) is 31.2 Å². The number of anilines is 1. The molecule has 0 fully saturated rings. The number of carbonyl (C=O) groups is 1. The fourth-order valence-corrected chi connectivity index (χ4v) is 3.42. The molecule has 0 aliphatic rings. The lowest BCUT2D eigenvalue weighted by molar-refractivity contribution is -0.122. The lowest BCUT2D eigenvalue weighted by atomic mass is 10.1. The topological polar surface area (TPSA) is 84.2 Å². The highest BCUT2D eigenvalue weighted by molar-refractivity contribution is 7.16. The van der Waals surface area contributed by atoms with Gasteiger partial charge in [-0.1, -0.05) is 12.1 Å². The molecule has 0 radical (unpaired) electrons. The molecule has 0 aliphatic carbocycles. The third kappa shape index (κ3) is 4.30. The summed E-state index contributed by atoms with van der Waals surface area (Å²) in [5, 5.41) is 12.4. The molecule has 0 saturated carbocycles. The van der Waals surface area contributed by atoms with Gasteiger partial charge in [0.15, 0.2) is 11.2 Å². The number of thiazole rings is 1. The number of aryl methyl sites for hydroxylation is 1. The highest BCUT2D eigenvalue weighted by atomic mass is 32.1. The van der Waals surface area contributed by atoms with Crippen molar-refractivity contribution in [1.29, 1.82) is 5.26 Å². The average Bonchev–Trinajstić information content (AvgIpc) is 3.08. The van der Waals surface area contributed by atoms with Crippen LogP contribution >= 0.6 is 11.3 Å². The van der Waals surface area contributed by atoms with Gasteiger partial charge in [-0.25, -0.2) is 4.98 Å². The largest absolute Gasteiger partial charge is 0.497 e. The molecular formula is C21H19N3O3S. The Labute approximate surface area is 167 Å². The van der Waals surface area contributed by atoms with Crippen LogP contribution in [0.25, 0.3) is 11.3 Å². The Bertz CT molecular complexity index is 1020. The minimum Gasteiger partial charge on any atom is -0.497 e. The maximum atomic E-state index is 12.5.